The third kappa shape index (κ3) is 4.27. The number of hydrogen-bond acceptors (Lipinski definition) is 6. The minimum Gasteiger partial charge on any atom is -0.493 e. The van der Waals surface area contributed by atoms with Gasteiger partial charge in [-0.05, 0) is 100 Å². The van der Waals surface area contributed by atoms with Crippen molar-refractivity contribution in [2.75, 3.05) is 40.4 Å². The minimum atomic E-state index is 0.598. The SMILES string of the molecule is COc1ccc(-c2nc3ccc(C4CCN(C5CCN(C6CC6)CC5)CC4)cn3n2)cc1OC. The standard InChI is InChI=1S/C27H35N5O2/c1-33-24-7-3-20(17-25(24)34-2)27-28-26-8-4-21(18-32(26)29-27)19-9-13-30(14-10-19)23-11-15-31(16-12-23)22-5-6-22/h3-4,7-8,17-19,22-23H,5-6,9-16H2,1-2H3. The first-order valence-corrected chi connectivity index (χ1v) is 12.8. The largest absolute Gasteiger partial charge is 0.493 e. The summed E-state index contributed by atoms with van der Waals surface area (Å²) >= 11 is 0. The van der Waals surface area contributed by atoms with Crippen molar-refractivity contribution in [3.63, 3.8) is 0 Å². The second-order valence-corrected chi connectivity index (χ2v) is 10.1. The fraction of sp³-hybridized carbons (Fsp3) is 0.556. The summed E-state index contributed by atoms with van der Waals surface area (Å²) < 4.78 is 12.7. The molecule has 1 aromatic carbocycles. The van der Waals surface area contributed by atoms with Gasteiger partial charge in [-0.25, -0.2) is 9.50 Å². The van der Waals surface area contributed by atoms with Gasteiger partial charge >= 0.3 is 0 Å². The van der Waals surface area contributed by atoms with E-state index in [0.717, 1.165) is 23.3 Å². The molecule has 0 N–H and O–H groups in total. The lowest BCUT2D eigenvalue weighted by Gasteiger charge is -2.42. The van der Waals surface area contributed by atoms with E-state index in [1.165, 1.54) is 70.3 Å². The molecule has 4 heterocycles. The Labute approximate surface area is 201 Å². The van der Waals surface area contributed by atoms with Crippen LogP contribution in [-0.2, 0) is 0 Å². The first-order chi connectivity index (χ1) is 16.7. The van der Waals surface area contributed by atoms with E-state index in [4.69, 9.17) is 19.6 Å². The third-order valence-electron chi connectivity index (χ3n) is 8.08. The van der Waals surface area contributed by atoms with Gasteiger partial charge in [-0.1, -0.05) is 6.07 Å². The van der Waals surface area contributed by atoms with E-state index in [9.17, 15) is 0 Å². The third-order valence-corrected chi connectivity index (χ3v) is 8.08. The van der Waals surface area contributed by atoms with Gasteiger partial charge < -0.3 is 19.3 Å². The maximum atomic E-state index is 5.45. The molecule has 3 fully saturated rings. The van der Waals surface area contributed by atoms with Crippen LogP contribution < -0.4 is 9.47 Å². The minimum absolute atomic E-state index is 0.598. The van der Waals surface area contributed by atoms with E-state index in [2.05, 4.69) is 28.1 Å². The molecule has 3 aliphatic rings. The lowest BCUT2D eigenvalue weighted by Crippen LogP contribution is -2.47. The summed E-state index contributed by atoms with van der Waals surface area (Å²) in [6.07, 6.45) is 10.2. The summed E-state index contributed by atoms with van der Waals surface area (Å²) in [5, 5.41) is 4.78. The molecule has 6 rings (SSSR count). The quantitative estimate of drug-likeness (QED) is 0.548. The van der Waals surface area contributed by atoms with Gasteiger partial charge in [0.25, 0.3) is 0 Å². The molecule has 2 aliphatic heterocycles. The first kappa shape index (κ1) is 21.9. The predicted molar refractivity (Wildman–Crippen MR) is 133 cm³/mol. The molecule has 2 saturated heterocycles. The molecule has 0 bridgehead atoms. The zero-order valence-electron chi connectivity index (χ0n) is 20.3. The number of aromatic nitrogens is 3. The Morgan fingerprint density at radius 3 is 2.12 bits per heavy atom. The van der Waals surface area contributed by atoms with Gasteiger partial charge in [-0.15, -0.1) is 5.10 Å². The summed E-state index contributed by atoms with van der Waals surface area (Å²) in [6, 6.07) is 11.9. The smallest absolute Gasteiger partial charge is 0.182 e. The highest BCUT2D eigenvalue weighted by atomic mass is 16.5. The van der Waals surface area contributed by atoms with Crippen LogP contribution in [-0.4, -0.2) is 76.9 Å². The highest BCUT2D eigenvalue weighted by Crippen LogP contribution is 2.34. The zero-order chi connectivity index (χ0) is 23.1. The maximum absolute atomic E-state index is 5.45. The summed E-state index contributed by atoms with van der Waals surface area (Å²) in [6.45, 7) is 5.04. The Balaban J connectivity index is 1.12. The van der Waals surface area contributed by atoms with E-state index >= 15 is 0 Å². The molecule has 0 atom stereocenters. The molecular weight excluding hydrogens is 426 g/mol. The topological polar surface area (TPSA) is 55.1 Å². The number of fused-ring (bicyclic) bond motifs is 1. The van der Waals surface area contributed by atoms with Crippen molar-refractivity contribution in [3.8, 4) is 22.9 Å². The van der Waals surface area contributed by atoms with E-state index in [-0.39, 0.29) is 0 Å². The van der Waals surface area contributed by atoms with Gasteiger partial charge in [0, 0.05) is 23.8 Å². The first-order valence-electron chi connectivity index (χ1n) is 12.8. The van der Waals surface area contributed by atoms with Crippen molar-refractivity contribution in [2.24, 2.45) is 0 Å². The molecule has 1 saturated carbocycles. The van der Waals surface area contributed by atoms with Crippen LogP contribution in [0, 0.1) is 0 Å². The van der Waals surface area contributed by atoms with Crippen LogP contribution in [0.2, 0.25) is 0 Å². The van der Waals surface area contributed by atoms with Crippen molar-refractivity contribution in [1.29, 1.82) is 0 Å². The predicted octanol–water partition coefficient (Wildman–Crippen LogP) is 4.22. The van der Waals surface area contributed by atoms with Gasteiger partial charge in [-0.2, -0.15) is 0 Å². The molecule has 1 aliphatic carbocycles. The number of hydrogen-bond donors (Lipinski definition) is 0. The van der Waals surface area contributed by atoms with Crippen molar-refractivity contribution >= 4 is 5.65 Å². The average Bonchev–Trinajstić information content (AvgIpc) is 3.66. The molecule has 0 radical (unpaired) electrons. The summed E-state index contributed by atoms with van der Waals surface area (Å²) in [5.74, 6) is 2.69. The zero-order valence-corrected chi connectivity index (χ0v) is 20.3. The lowest BCUT2D eigenvalue weighted by atomic mass is 9.89. The fourth-order valence-electron chi connectivity index (χ4n) is 5.89. The maximum Gasteiger partial charge on any atom is 0.182 e. The van der Waals surface area contributed by atoms with Crippen LogP contribution in [0.4, 0.5) is 0 Å². The van der Waals surface area contributed by atoms with Crippen LogP contribution in [0.25, 0.3) is 17.0 Å². The number of nitrogens with zero attached hydrogens (tertiary/aromatic N) is 5. The molecule has 3 aromatic rings. The number of pyridine rings is 1. The molecule has 34 heavy (non-hydrogen) atoms. The second-order valence-electron chi connectivity index (χ2n) is 10.1. The van der Waals surface area contributed by atoms with Crippen LogP contribution in [0.15, 0.2) is 36.5 Å². The highest BCUT2D eigenvalue weighted by Gasteiger charge is 2.34. The number of benzene rings is 1. The van der Waals surface area contributed by atoms with Gasteiger partial charge in [0.05, 0.1) is 14.2 Å². The monoisotopic (exact) mass is 461 g/mol. The number of piperidine rings is 2. The molecule has 0 amide bonds. The summed E-state index contributed by atoms with van der Waals surface area (Å²) in [4.78, 5) is 10.2. The normalized spacial score (nSPS) is 21.2. The fourth-order valence-corrected chi connectivity index (χ4v) is 5.89. The van der Waals surface area contributed by atoms with Gasteiger partial charge in [0.1, 0.15) is 0 Å². The number of rotatable bonds is 6. The molecule has 2 aromatic heterocycles. The van der Waals surface area contributed by atoms with Crippen molar-refractivity contribution < 1.29 is 9.47 Å². The van der Waals surface area contributed by atoms with E-state index in [0.29, 0.717) is 23.2 Å². The molecule has 0 unspecified atom stereocenters. The molecule has 0 spiro atoms. The lowest BCUT2D eigenvalue weighted by molar-refractivity contribution is 0.0843. The van der Waals surface area contributed by atoms with E-state index in [1.807, 2.05) is 22.7 Å². The summed E-state index contributed by atoms with van der Waals surface area (Å²) in [7, 11) is 3.29. The highest BCUT2D eigenvalue weighted by molar-refractivity contribution is 5.63. The van der Waals surface area contributed by atoms with Gasteiger partial charge in [0.15, 0.2) is 23.0 Å². The van der Waals surface area contributed by atoms with Crippen LogP contribution >= 0.6 is 0 Å². The number of methoxy groups -OCH3 is 2. The molecule has 7 nitrogen and oxygen atoms in total. The molecular formula is C27H35N5O2. The Kier molecular flexibility index (Phi) is 5.91. The van der Waals surface area contributed by atoms with Crippen molar-refractivity contribution in [3.05, 3.63) is 42.1 Å². The molecule has 7 heteroatoms. The number of ether oxygens (including phenoxy) is 2. The summed E-state index contributed by atoms with van der Waals surface area (Å²) in [5.41, 5.74) is 3.16. The Morgan fingerprint density at radius 1 is 0.765 bits per heavy atom. The molecule has 180 valence electrons. The van der Waals surface area contributed by atoms with E-state index < -0.39 is 0 Å². The van der Waals surface area contributed by atoms with Crippen LogP contribution in [0.5, 0.6) is 11.5 Å². The van der Waals surface area contributed by atoms with Gasteiger partial charge in [0.2, 0.25) is 0 Å². The van der Waals surface area contributed by atoms with Crippen LogP contribution in [0.3, 0.4) is 0 Å². The van der Waals surface area contributed by atoms with Crippen molar-refractivity contribution in [2.45, 2.75) is 56.5 Å². The second kappa shape index (κ2) is 9.19. The van der Waals surface area contributed by atoms with E-state index in [1.54, 1.807) is 14.2 Å². The Bertz CT molecular complexity index is 1140. The Hall–Kier alpha value is -2.64. The van der Waals surface area contributed by atoms with Crippen LogP contribution in [0.1, 0.15) is 50.0 Å². The van der Waals surface area contributed by atoms with Gasteiger partial charge in [-0.3, -0.25) is 0 Å². The average molecular weight is 462 g/mol. The van der Waals surface area contributed by atoms with Crippen molar-refractivity contribution in [1.82, 2.24) is 24.4 Å². The number of likely N-dealkylation sites (tertiary alicyclic amines) is 2. The Morgan fingerprint density at radius 2 is 1.44 bits per heavy atom.